The van der Waals surface area contributed by atoms with Gasteiger partial charge in [0.25, 0.3) is 0 Å². The summed E-state index contributed by atoms with van der Waals surface area (Å²) in [5, 5.41) is 30.6. The fourth-order valence-corrected chi connectivity index (χ4v) is 7.03. The molecule has 0 aromatic rings. The predicted molar refractivity (Wildman–Crippen MR) is 216 cm³/mol. The summed E-state index contributed by atoms with van der Waals surface area (Å²) in [5.41, 5.74) is 0. The Bertz CT molecular complexity index is 1070. The van der Waals surface area contributed by atoms with Crippen molar-refractivity contribution in [1.82, 2.24) is 0 Å². The third kappa shape index (κ3) is 28.6. The quantitative estimate of drug-likeness (QED) is 0.0204. The van der Waals surface area contributed by atoms with Crippen LogP contribution in [-0.2, 0) is 38.3 Å². The number of esters is 1. The van der Waals surface area contributed by atoms with Gasteiger partial charge in [0.05, 0.1) is 19.8 Å². The summed E-state index contributed by atoms with van der Waals surface area (Å²) in [7, 11) is -5.06. The Labute approximate surface area is 333 Å². The molecule has 6 atom stereocenters. The molecule has 0 aromatic heterocycles. The van der Waals surface area contributed by atoms with Crippen LogP contribution in [0.1, 0.15) is 174 Å². The first-order valence-corrected chi connectivity index (χ1v) is 23.0. The first kappa shape index (κ1) is 51.6. The van der Waals surface area contributed by atoms with Gasteiger partial charge in [-0.15, -0.1) is 0 Å². The van der Waals surface area contributed by atoms with Crippen molar-refractivity contribution in [3.05, 3.63) is 24.3 Å². The zero-order chi connectivity index (χ0) is 40.4. The van der Waals surface area contributed by atoms with E-state index in [9.17, 15) is 28.5 Å². The van der Waals surface area contributed by atoms with Gasteiger partial charge in [-0.1, -0.05) is 147 Å². The van der Waals surface area contributed by atoms with Crippen LogP contribution in [0.2, 0.25) is 0 Å². The van der Waals surface area contributed by atoms with Crippen molar-refractivity contribution in [3.63, 3.8) is 0 Å². The minimum atomic E-state index is -5.06. The van der Waals surface area contributed by atoms with Gasteiger partial charge >= 0.3 is 16.4 Å². The van der Waals surface area contributed by atoms with E-state index in [0.717, 1.165) is 51.4 Å². The maximum atomic E-state index is 12.8. The summed E-state index contributed by atoms with van der Waals surface area (Å²) in [6.45, 7) is 3.95. The summed E-state index contributed by atoms with van der Waals surface area (Å²) in [6, 6.07) is 0. The number of aliphatic hydroxyl groups is 3. The standard InChI is InChI=1S/C42H78O12S/c1-3-5-7-9-11-13-15-16-17-18-19-20-21-22-23-25-27-29-31-38(44)52-36(34-50-32-30-28-26-24-14-12-10-8-6-4-2)35-51-42-40(46)41(54-55(47,48)49)39(45)37(33-43)53-42/h13,15,17-18,36-37,39-43,45-46H,3-12,14,16,19-35H2,1-2H3,(H,47,48,49)/b15-13-,18-17-. The number of carbonyl (C=O) groups excluding carboxylic acids is 1. The average molecular weight is 807 g/mol. The summed E-state index contributed by atoms with van der Waals surface area (Å²) in [5.74, 6) is -0.407. The van der Waals surface area contributed by atoms with E-state index >= 15 is 0 Å². The van der Waals surface area contributed by atoms with Gasteiger partial charge in [-0.25, -0.2) is 4.18 Å². The molecule has 13 heteroatoms. The average Bonchev–Trinajstić information content (AvgIpc) is 3.15. The van der Waals surface area contributed by atoms with Crippen LogP contribution in [0.4, 0.5) is 0 Å². The second kappa shape index (κ2) is 34.6. The van der Waals surface area contributed by atoms with E-state index in [-0.39, 0.29) is 19.6 Å². The van der Waals surface area contributed by atoms with Crippen molar-refractivity contribution in [2.75, 3.05) is 26.4 Å². The van der Waals surface area contributed by atoms with Crippen LogP contribution in [0.15, 0.2) is 24.3 Å². The lowest BCUT2D eigenvalue weighted by Crippen LogP contribution is -2.60. The van der Waals surface area contributed by atoms with Crippen molar-refractivity contribution in [2.24, 2.45) is 0 Å². The van der Waals surface area contributed by atoms with Gasteiger partial charge in [-0.3, -0.25) is 9.35 Å². The van der Waals surface area contributed by atoms with Gasteiger partial charge in [0.2, 0.25) is 0 Å². The summed E-state index contributed by atoms with van der Waals surface area (Å²) >= 11 is 0. The number of ether oxygens (including phenoxy) is 4. The largest absolute Gasteiger partial charge is 0.457 e. The SMILES string of the molecule is CCCCCC/C=C\C/C=C\CCCCCCCCCC(=O)OC(COCCCCCCCCCCCC)COC1OC(CO)C(O)C(OS(=O)(=O)O)C1O. The van der Waals surface area contributed by atoms with Crippen molar-refractivity contribution >= 4 is 16.4 Å². The molecular formula is C42H78O12S. The molecule has 0 spiro atoms. The van der Waals surface area contributed by atoms with Gasteiger partial charge in [0.15, 0.2) is 6.29 Å². The van der Waals surface area contributed by atoms with E-state index in [1.165, 1.54) is 96.3 Å². The van der Waals surface area contributed by atoms with Gasteiger partial charge in [-0.2, -0.15) is 8.42 Å². The van der Waals surface area contributed by atoms with Gasteiger partial charge in [-0.05, 0) is 44.9 Å². The number of hydrogen-bond acceptors (Lipinski definition) is 11. The maximum Gasteiger partial charge on any atom is 0.397 e. The Balaban J connectivity index is 2.43. The lowest BCUT2D eigenvalue weighted by atomic mass is 9.99. The molecule has 1 aliphatic rings. The van der Waals surface area contributed by atoms with Crippen LogP contribution in [0.5, 0.6) is 0 Å². The molecule has 55 heavy (non-hydrogen) atoms. The second-order valence-corrected chi connectivity index (χ2v) is 16.0. The van der Waals surface area contributed by atoms with E-state index in [2.05, 4.69) is 42.3 Å². The zero-order valence-corrected chi connectivity index (χ0v) is 35.1. The topological polar surface area (TPSA) is 178 Å². The fraction of sp³-hybridized carbons (Fsp3) is 0.881. The van der Waals surface area contributed by atoms with Gasteiger partial charge in [0.1, 0.15) is 30.5 Å². The van der Waals surface area contributed by atoms with Crippen LogP contribution in [-0.4, -0.2) is 97.5 Å². The van der Waals surface area contributed by atoms with Crippen molar-refractivity contribution in [1.29, 1.82) is 0 Å². The third-order valence-electron chi connectivity index (χ3n) is 9.83. The minimum absolute atomic E-state index is 0.0357. The summed E-state index contributed by atoms with van der Waals surface area (Å²) < 4.78 is 58.9. The number of aliphatic hydroxyl groups excluding tert-OH is 3. The molecule has 324 valence electrons. The maximum absolute atomic E-state index is 12.8. The Hall–Kier alpha value is -1.42. The highest BCUT2D eigenvalue weighted by Crippen LogP contribution is 2.26. The molecule has 0 radical (unpaired) electrons. The number of allylic oxidation sites excluding steroid dienone is 4. The molecule has 0 aliphatic carbocycles. The Morgan fingerprint density at radius 2 is 1.20 bits per heavy atom. The smallest absolute Gasteiger partial charge is 0.397 e. The number of carbonyl (C=O) groups is 1. The molecule has 0 aromatic carbocycles. The molecule has 0 bridgehead atoms. The van der Waals surface area contributed by atoms with Crippen LogP contribution < -0.4 is 0 Å². The number of hydrogen-bond donors (Lipinski definition) is 4. The lowest BCUT2D eigenvalue weighted by molar-refractivity contribution is -0.301. The third-order valence-corrected chi connectivity index (χ3v) is 10.3. The van der Waals surface area contributed by atoms with Gasteiger partial charge < -0.3 is 34.3 Å². The van der Waals surface area contributed by atoms with E-state index in [1.54, 1.807) is 0 Å². The van der Waals surface area contributed by atoms with Crippen molar-refractivity contribution in [3.8, 4) is 0 Å². The van der Waals surface area contributed by atoms with Crippen molar-refractivity contribution < 1.29 is 56.2 Å². The zero-order valence-electron chi connectivity index (χ0n) is 34.2. The van der Waals surface area contributed by atoms with Crippen LogP contribution in [0.3, 0.4) is 0 Å². The molecule has 0 amide bonds. The number of rotatable bonds is 37. The molecule has 12 nitrogen and oxygen atoms in total. The molecule has 1 aliphatic heterocycles. The normalized spacial score (nSPS) is 21.2. The second-order valence-electron chi connectivity index (χ2n) is 14.9. The molecule has 0 saturated carbocycles. The highest BCUT2D eigenvalue weighted by molar-refractivity contribution is 7.80. The first-order chi connectivity index (χ1) is 26.6. The Morgan fingerprint density at radius 1 is 0.691 bits per heavy atom. The lowest BCUT2D eigenvalue weighted by Gasteiger charge is -2.41. The van der Waals surface area contributed by atoms with Gasteiger partial charge in [0, 0.05) is 13.0 Å². The first-order valence-electron chi connectivity index (χ1n) is 21.6. The Kier molecular flexibility index (Phi) is 32.5. The molecule has 1 heterocycles. The molecule has 1 rings (SSSR count). The van der Waals surface area contributed by atoms with E-state index in [4.69, 9.17) is 23.5 Å². The predicted octanol–water partition coefficient (Wildman–Crippen LogP) is 8.46. The summed E-state index contributed by atoms with van der Waals surface area (Å²) in [6.07, 6.45) is 27.8. The minimum Gasteiger partial charge on any atom is -0.457 e. The van der Waals surface area contributed by atoms with E-state index in [1.807, 2.05) is 0 Å². The number of unbranched alkanes of at least 4 members (excludes halogenated alkanes) is 20. The van der Waals surface area contributed by atoms with Crippen LogP contribution >= 0.6 is 0 Å². The summed E-state index contributed by atoms with van der Waals surface area (Å²) in [4.78, 5) is 12.8. The van der Waals surface area contributed by atoms with Crippen LogP contribution in [0, 0.1) is 0 Å². The molecule has 6 unspecified atom stereocenters. The van der Waals surface area contributed by atoms with E-state index < -0.39 is 59.8 Å². The van der Waals surface area contributed by atoms with Crippen LogP contribution in [0.25, 0.3) is 0 Å². The molecule has 1 fully saturated rings. The molecule has 1 saturated heterocycles. The van der Waals surface area contributed by atoms with E-state index in [0.29, 0.717) is 13.0 Å². The highest BCUT2D eigenvalue weighted by atomic mass is 32.3. The molecule has 4 N–H and O–H groups in total. The fourth-order valence-electron chi connectivity index (χ4n) is 6.53. The molecular weight excluding hydrogens is 729 g/mol. The van der Waals surface area contributed by atoms with Crippen molar-refractivity contribution in [2.45, 2.75) is 211 Å². The Morgan fingerprint density at radius 3 is 1.75 bits per heavy atom. The monoisotopic (exact) mass is 807 g/mol. The highest BCUT2D eigenvalue weighted by Gasteiger charge is 2.48.